The van der Waals surface area contributed by atoms with Crippen molar-refractivity contribution in [3.05, 3.63) is 78.1 Å². The maximum Gasteiger partial charge on any atom is 0.416 e. The molecule has 1 N–H and O–H groups in total. The van der Waals surface area contributed by atoms with E-state index in [9.17, 15) is 18.0 Å². The Kier molecular flexibility index (Phi) is 5.75. The van der Waals surface area contributed by atoms with Crippen LogP contribution in [0.15, 0.2) is 67.0 Å². The second-order valence-electron chi connectivity index (χ2n) is 7.10. The van der Waals surface area contributed by atoms with E-state index in [-0.39, 0.29) is 11.4 Å². The Hall–Kier alpha value is -3.62. The van der Waals surface area contributed by atoms with Gasteiger partial charge in [0.15, 0.2) is 0 Å². The third kappa shape index (κ3) is 4.93. The summed E-state index contributed by atoms with van der Waals surface area (Å²) in [5.41, 5.74) is 0.199. The molecule has 2 aromatic carbocycles. The molecule has 0 saturated carbocycles. The van der Waals surface area contributed by atoms with Crippen LogP contribution in [-0.2, 0) is 6.18 Å². The monoisotopic (exact) mass is 427 g/mol. The van der Waals surface area contributed by atoms with E-state index in [0.29, 0.717) is 5.82 Å². The van der Waals surface area contributed by atoms with E-state index in [2.05, 4.69) is 37.2 Å². The molecule has 2 heterocycles. The summed E-state index contributed by atoms with van der Waals surface area (Å²) in [6.45, 7) is 3.12. The number of nitrogens with zero attached hydrogens (tertiary/aromatic N) is 4. The Balaban J connectivity index is 1.42. The fourth-order valence-corrected chi connectivity index (χ4v) is 3.45. The molecule has 1 saturated heterocycles. The Morgan fingerprint density at radius 3 is 2.29 bits per heavy atom. The molecule has 6 nitrogen and oxygen atoms in total. The molecule has 0 radical (unpaired) electrons. The number of carbonyl (C=O) groups is 1. The Morgan fingerprint density at radius 2 is 1.58 bits per heavy atom. The molecule has 3 aromatic rings. The topological polar surface area (TPSA) is 61.4 Å². The van der Waals surface area contributed by atoms with Crippen molar-refractivity contribution < 1.29 is 18.0 Å². The van der Waals surface area contributed by atoms with Gasteiger partial charge in [-0.05, 0) is 30.3 Å². The number of alkyl halides is 3. The van der Waals surface area contributed by atoms with Crippen molar-refractivity contribution >= 4 is 23.2 Å². The average molecular weight is 427 g/mol. The molecule has 0 unspecified atom stereocenters. The van der Waals surface area contributed by atoms with Crippen LogP contribution in [0.25, 0.3) is 0 Å². The summed E-state index contributed by atoms with van der Waals surface area (Å²) in [5.74, 6) is 0.226. The third-order valence-corrected chi connectivity index (χ3v) is 5.07. The number of carbonyl (C=O) groups excluding carboxylic acids is 1. The minimum absolute atomic E-state index is 0.0912. The molecule has 0 spiro atoms. The first kappa shape index (κ1) is 20.6. The summed E-state index contributed by atoms with van der Waals surface area (Å²) in [6.07, 6.45) is -3.18. The number of rotatable bonds is 4. The van der Waals surface area contributed by atoms with Crippen molar-refractivity contribution in [1.82, 2.24) is 9.97 Å². The van der Waals surface area contributed by atoms with Crippen LogP contribution < -0.4 is 15.1 Å². The number of nitrogens with one attached hydrogen (secondary N) is 1. The highest BCUT2D eigenvalue weighted by molar-refractivity contribution is 6.04. The fourth-order valence-electron chi connectivity index (χ4n) is 3.45. The van der Waals surface area contributed by atoms with Gasteiger partial charge < -0.3 is 15.1 Å². The molecule has 0 atom stereocenters. The maximum atomic E-state index is 12.9. The van der Waals surface area contributed by atoms with Crippen molar-refractivity contribution in [1.29, 1.82) is 0 Å². The highest BCUT2D eigenvalue weighted by Gasteiger charge is 2.31. The summed E-state index contributed by atoms with van der Waals surface area (Å²) in [6, 6.07) is 16.0. The van der Waals surface area contributed by atoms with Crippen molar-refractivity contribution in [3.63, 3.8) is 0 Å². The van der Waals surface area contributed by atoms with Crippen LogP contribution in [0.2, 0.25) is 0 Å². The summed E-state index contributed by atoms with van der Waals surface area (Å²) >= 11 is 0. The van der Waals surface area contributed by atoms with E-state index < -0.39 is 17.6 Å². The SMILES string of the molecule is O=C(Nc1cc(N2CCN(c3ccccc3)CC2)ncn1)c1cccc(C(F)(F)F)c1. The molecule has 0 aliphatic carbocycles. The van der Waals surface area contributed by atoms with E-state index in [4.69, 9.17) is 0 Å². The van der Waals surface area contributed by atoms with Crippen LogP contribution in [0.3, 0.4) is 0 Å². The summed E-state index contributed by atoms with van der Waals surface area (Å²) in [4.78, 5) is 25.1. The van der Waals surface area contributed by atoms with E-state index in [1.807, 2.05) is 18.2 Å². The molecule has 160 valence electrons. The Bertz CT molecular complexity index is 1050. The van der Waals surface area contributed by atoms with Crippen LogP contribution in [0, 0.1) is 0 Å². The predicted molar refractivity (Wildman–Crippen MR) is 112 cm³/mol. The lowest BCUT2D eigenvalue weighted by atomic mass is 10.1. The largest absolute Gasteiger partial charge is 0.416 e. The number of anilines is 3. The number of benzene rings is 2. The minimum Gasteiger partial charge on any atom is -0.368 e. The van der Waals surface area contributed by atoms with E-state index >= 15 is 0 Å². The molecule has 0 bridgehead atoms. The molecule has 4 rings (SSSR count). The van der Waals surface area contributed by atoms with Gasteiger partial charge in [0.25, 0.3) is 5.91 Å². The first-order chi connectivity index (χ1) is 14.9. The number of piperazine rings is 1. The first-order valence-corrected chi connectivity index (χ1v) is 9.76. The molecular formula is C22H20F3N5O. The lowest BCUT2D eigenvalue weighted by Crippen LogP contribution is -2.46. The van der Waals surface area contributed by atoms with Gasteiger partial charge in [-0.25, -0.2) is 9.97 Å². The fraction of sp³-hybridized carbons (Fsp3) is 0.227. The molecule has 1 aliphatic rings. The maximum absolute atomic E-state index is 12.9. The number of aromatic nitrogens is 2. The summed E-state index contributed by atoms with van der Waals surface area (Å²) < 4.78 is 38.7. The standard InChI is InChI=1S/C22H20F3N5O/c23-22(24,25)17-6-4-5-16(13-17)21(31)28-19-14-20(27-15-26-19)30-11-9-29(10-12-30)18-7-2-1-3-8-18/h1-8,13-15H,9-12H2,(H,26,27,28,31). The summed E-state index contributed by atoms with van der Waals surface area (Å²) in [7, 11) is 0. The van der Waals surface area contributed by atoms with E-state index in [0.717, 1.165) is 38.3 Å². The van der Waals surface area contributed by atoms with Gasteiger partial charge in [-0.15, -0.1) is 0 Å². The second-order valence-corrected chi connectivity index (χ2v) is 7.10. The quantitative estimate of drug-likeness (QED) is 0.680. The molecule has 9 heteroatoms. The van der Waals surface area contributed by atoms with E-state index in [1.54, 1.807) is 6.07 Å². The number of halogens is 3. The van der Waals surface area contributed by atoms with Gasteiger partial charge >= 0.3 is 6.18 Å². The zero-order valence-electron chi connectivity index (χ0n) is 16.5. The Morgan fingerprint density at radius 1 is 0.871 bits per heavy atom. The molecule has 1 aromatic heterocycles. The summed E-state index contributed by atoms with van der Waals surface area (Å²) in [5, 5.41) is 2.56. The second kappa shape index (κ2) is 8.63. The van der Waals surface area contributed by atoms with Crippen LogP contribution in [-0.4, -0.2) is 42.1 Å². The number of hydrogen-bond donors (Lipinski definition) is 1. The highest BCUT2D eigenvalue weighted by Crippen LogP contribution is 2.29. The number of amides is 1. The van der Waals surface area contributed by atoms with Crippen LogP contribution in [0.1, 0.15) is 15.9 Å². The molecule has 1 aliphatic heterocycles. The Labute approximate surface area is 177 Å². The lowest BCUT2D eigenvalue weighted by Gasteiger charge is -2.36. The van der Waals surface area contributed by atoms with Crippen LogP contribution in [0.5, 0.6) is 0 Å². The lowest BCUT2D eigenvalue weighted by molar-refractivity contribution is -0.137. The van der Waals surface area contributed by atoms with Gasteiger partial charge in [-0.1, -0.05) is 24.3 Å². The predicted octanol–water partition coefficient (Wildman–Crippen LogP) is 4.07. The third-order valence-electron chi connectivity index (χ3n) is 5.07. The number of para-hydroxylation sites is 1. The minimum atomic E-state index is -4.51. The normalized spacial score (nSPS) is 14.4. The molecular weight excluding hydrogens is 407 g/mol. The van der Waals surface area contributed by atoms with E-state index in [1.165, 1.54) is 24.1 Å². The van der Waals surface area contributed by atoms with Gasteiger partial charge in [0, 0.05) is 43.5 Å². The van der Waals surface area contributed by atoms with Gasteiger partial charge in [0.1, 0.15) is 18.0 Å². The highest BCUT2D eigenvalue weighted by atomic mass is 19.4. The van der Waals surface area contributed by atoms with Crippen molar-refractivity contribution in [2.45, 2.75) is 6.18 Å². The molecule has 1 fully saturated rings. The van der Waals surface area contributed by atoms with Crippen LogP contribution in [0.4, 0.5) is 30.5 Å². The average Bonchev–Trinajstić information content (AvgIpc) is 2.79. The van der Waals surface area contributed by atoms with Crippen molar-refractivity contribution in [2.24, 2.45) is 0 Å². The molecule has 1 amide bonds. The van der Waals surface area contributed by atoms with Gasteiger partial charge in [0.2, 0.25) is 0 Å². The zero-order chi connectivity index (χ0) is 21.8. The van der Waals surface area contributed by atoms with Crippen molar-refractivity contribution in [3.8, 4) is 0 Å². The van der Waals surface area contributed by atoms with Crippen molar-refractivity contribution in [2.75, 3.05) is 41.3 Å². The van der Waals surface area contributed by atoms with Gasteiger partial charge in [0.05, 0.1) is 5.56 Å². The van der Waals surface area contributed by atoms with Crippen LogP contribution >= 0.6 is 0 Å². The molecule has 31 heavy (non-hydrogen) atoms. The zero-order valence-corrected chi connectivity index (χ0v) is 16.5. The van der Waals surface area contributed by atoms with Gasteiger partial charge in [-0.3, -0.25) is 4.79 Å². The smallest absolute Gasteiger partial charge is 0.368 e. The first-order valence-electron chi connectivity index (χ1n) is 9.76. The number of hydrogen-bond acceptors (Lipinski definition) is 5. The van der Waals surface area contributed by atoms with Gasteiger partial charge in [-0.2, -0.15) is 13.2 Å².